The predicted molar refractivity (Wildman–Crippen MR) is 50.7 cm³/mol. The molecule has 0 bridgehead atoms. The first-order valence-electron chi connectivity index (χ1n) is 3.70. The second kappa shape index (κ2) is 4.54. The van der Waals surface area contributed by atoms with E-state index >= 15 is 0 Å². The van der Waals surface area contributed by atoms with E-state index in [9.17, 15) is 0 Å². The summed E-state index contributed by atoms with van der Waals surface area (Å²) in [6.45, 7) is 0.00132. The molecule has 0 aromatic carbocycles. The highest BCUT2D eigenvalue weighted by atomic mass is 79.9. The van der Waals surface area contributed by atoms with Crippen LogP contribution in [0.1, 0.15) is 5.56 Å². The zero-order chi connectivity index (χ0) is 8.97. The average molecular weight is 231 g/mol. The Bertz CT molecular complexity index is 255. The molecule has 1 aromatic rings. The van der Waals surface area contributed by atoms with Crippen LogP contribution in [0.25, 0.3) is 0 Å². The van der Waals surface area contributed by atoms with E-state index in [0.29, 0.717) is 6.42 Å². The minimum Gasteiger partial charge on any atom is -0.395 e. The van der Waals surface area contributed by atoms with E-state index in [1.54, 1.807) is 6.20 Å². The van der Waals surface area contributed by atoms with Crippen LogP contribution in [0.15, 0.2) is 22.9 Å². The normalized spacial score (nSPS) is 12.9. The van der Waals surface area contributed by atoms with Gasteiger partial charge in [0.2, 0.25) is 0 Å². The zero-order valence-electron chi connectivity index (χ0n) is 6.57. The van der Waals surface area contributed by atoms with Gasteiger partial charge in [0.25, 0.3) is 0 Å². The number of rotatable bonds is 3. The molecule has 0 radical (unpaired) electrons. The Kier molecular flexibility index (Phi) is 3.65. The lowest BCUT2D eigenvalue weighted by Crippen LogP contribution is -2.27. The molecular formula is C8H11BrN2O. The molecule has 0 aliphatic carbocycles. The monoisotopic (exact) mass is 230 g/mol. The van der Waals surface area contributed by atoms with Crippen LogP contribution >= 0.6 is 15.9 Å². The van der Waals surface area contributed by atoms with Gasteiger partial charge in [-0.15, -0.1) is 0 Å². The van der Waals surface area contributed by atoms with E-state index in [1.165, 1.54) is 0 Å². The van der Waals surface area contributed by atoms with E-state index < -0.39 is 0 Å². The number of aliphatic hydroxyl groups is 1. The molecule has 4 heteroatoms. The van der Waals surface area contributed by atoms with Crippen LogP contribution < -0.4 is 5.73 Å². The Morgan fingerprint density at radius 2 is 2.42 bits per heavy atom. The number of aliphatic hydroxyl groups excluding tert-OH is 1. The van der Waals surface area contributed by atoms with Gasteiger partial charge in [0.1, 0.15) is 4.60 Å². The first kappa shape index (κ1) is 9.64. The molecule has 66 valence electrons. The summed E-state index contributed by atoms with van der Waals surface area (Å²) in [5.74, 6) is 0. The highest BCUT2D eigenvalue weighted by molar-refractivity contribution is 9.10. The van der Waals surface area contributed by atoms with Crippen LogP contribution in [0.2, 0.25) is 0 Å². The lowest BCUT2D eigenvalue weighted by atomic mass is 10.1. The number of halogens is 1. The molecule has 12 heavy (non-hydrogen) atoms. The van der Waals surface area contributed by atoms with Crippen molar-refractivity contribution in [3.05, 3.63) is 28.5 Å². The van der Waals surface area contributed by atoms with Crippen molar-refractivity contribution in [1.82, 2.24) is 4.98 Å². The Hall–Kier alpha value is -0.450. The third kappa shape index (κ3) is 2.55. The molecule has 1 aromatic heterocycles. The molecule has 3 nitrogen and oxygen atoms in total. The quantitative estimate of drug-likeness (QED) is 0.753. The fraction of sp³-hybridized carbons (Fsp3) is 0.375. The highest BCUT2D eigenvalue weighted by Gasteiger charge is 2.05. The van der Waals surface area contributed by atoms with Gasteiger partial charge in [-0.25, -0.2) is 4.98 Å². The molecular weight excluding hydrogens is 220 g/mol. The fourth-order valence-corrected chi connectivity index (χ4v) is 1.33. The van der Waals surface area contributed by atoms with Crippen LogP contribution in [0, 0.1) is 0 Å². The van der Waals surface area contributed by atoms with Crippen molar-refractivity contribution in [2.45, 2.75) is 12.5 Å². The Balaban J connectivity index is 2.69. The molecule has 0 saturated heterocycles. The van der Waals surface area contributed by atoms with Gasteiger partial charge in [-0.1, -0.05) is 6.07 Å². The lowest BCUT2D eigenvalue weighted by molar-refractivity contribution is 0.265. The van der Waals surface area contributed by atoms with E-state index in [-0.39, 0.29) is 12.6 Å². The number of aromatic nitrogens is 1. The highest BCUT2D eigenvalue weighted by Crippen LogP contribution is 2.13. The maximum Gasteiger partial charge on any atom is 0.109 e. The van der Waals surface area contributed by atoms with Gasteiger partial charge in [-0.2, -0.15) is 0 Å². The van der Waals surface area contributed by atoms with Gasteiger partial charge in [0.05, 0.1) is 6.61 Å². The van der Waals surface area contributed by atoms with Gasteiger partial charge in [-0.3, -0.25) is 0 Å². The molecule has 1 atom stereocenters. The molecule has 3 N–H and O–H groups in total. The summed E-state index contributed by atoms with van der Waals surface area (Å²) in [5.41, 5.74) is 6.60. The maximum absolute atomic E-state index is 8.73. The van der Waals surface area contributed by atoms with Crippen molar-refractivity contribution < 1.29 is 5.11 Å². The van der Waals surface area contributed by atoms with Crippen LogP contribution in [0.3, 0.4) is 0 Å². The van der Waals surface area contributed by atoms with Crippen LogP contribution in [-0.4, -0.2) is 22.7 Å². The number of pyridine rings is 1. The smallest absolute Gasteiger partial charge is 0.109 e. The summed E-state index contributed by atoms with van der Waals surface area (Å²) >= 11 is 3.31. The topological polar surface area (TPSA) is 59.1 Å². The maximum atomic E-state index is 8.73. The number of hydrogen-bond acceptors (Lipinski definition) is 3. The number of nitrogens with zero attached hydrogens (tertiary/aromatic N) is 1. The molecule has 1 heterocycles. The summed E-state index contributed by atoms with van der Waals surface area (Å²) in [4.78, 5) is 4.05. The minimum atomic E-state index is -0.203. The van der Waals surface area contributed by atoms with Crippen molar-refractivity contribution in [3.63, 3.8) is 0 Å². The van der Waals surface area contributed by atoms with Gasteiger partial charge in [0, 0.05) is 12.2 Å². The third-order valence-corrected chi connectivity index (χ3v) is 2.27. The van der Waals surface area contributed by atoms with E-state index in [0.717, 1.165) is 10.2 Å². The molecule has 0 aliphatic rings. The SMILES string of the molecule is NC(CO)Cc1cccnc1Br. The predicted octanol–water partition coefficient (Wildman–Crippen LogP) is 0.706. The molecule has 1 unspecified atom stereocenters. The minimum absolute atomic E-state index is 0.00132. The fourth-order valence-electron chi connectivity index (χ4n) is 0.919. The van der Waals surface area contributed by atoms with Gasteiger partial charge < -0.3 is 10.8 Å². The Morgan fingerprint density at radius 1 is 1.67 bits per heavy atom. The molecule has 0 fully saturated rings. The van der Waals surface area contributed by atoms with E-state index in [4.69, 9.17) is 10.8 Å². The molecule has 0 spiro atoms. The second-order valence-electron chi connectivity index (χ2n) is 2.60. The summed E-state index contributed by atoms with van der Waals surface area (Å²) in [6.07, 6.45) is 2.35. The first-order chi connectivity index (χ1) is 5.74. The van der Waals surface area contributed by atoms with Crippen LogP contribution in [-0.2, 0) is 6.42 Å². The van der Waals surface area contributed by atoms with Crippen molar-refractivity contribution in [3.8, 4) is 0 Å². The molecule has 0 aliphatic heterocycles. The van der Waals surface area contributed by atoms with Gasteiger partial charge in [-0.05, 0) is 34.0 Å². The molecule has 1 rings (SSSR count). The Labute approximate surface area is 79.7 Å². The first-order valence-corrected chi connectivity index (χ1v) is 4.49. The third-order valence-electron chi connectivity index (χ3n) is 1.55. The van der Waals surface area contributed by atoms with Gasteiger partial charge in [0.15, 0.2) is 0 Å². The van der Waals surface area contributed by atoms with Crippen molar-refractivity contribution in [2.24, 2.45) is 5.73 Å². The zero-order valence-corrected chi connectivity index (χ0v) is 8.16. The Morgan fingerprint density at radius 3 is 3.00 bits per heavy atom. The summed E-state index contributed by atoms with van der Waals surface area (Å²) in [7, 11) is 0. The number of nitrogens with two attached hydrogens (primary N) is 1. The lowest BCUT2D eigenvalue weighted by Gasteiger charge is -2.08. The standard InChI is InChI=1S/C8H11BrN2O/c9-8-6(2-1-3-11-8)4-7(10)5-12/h1-3,7,12H,4-5,10H2. The number of hydrogen-bond donors (Lipinski definition) is 2. The van der Waals surface area contributed by atoms with Crippen LogP contribution in [0.4, 0.5) is 0 Å². The van der Waals surface area contributed by atoms with Gasteiger partial charge >= 0.3 is 0 Å². The van der Waals surface area contributed by atoms with Crippen molar-refractivity contribution in [2.75, 3.05) is 6.61 Å². The van der Waals surface area contributed by atoms with Crippen molar-refractivity contribution >= 4 is 15.9 Å². The summed E-state index contributed by atoms with van der Waals surface area (Å²) in [5, 5.41) is 8.73. The molecule has 0 saturated carbocycles. The largest absolute Gasteiger partial charge is 0.395 e. The molecule has 0 amide bonds. The summed E-state index contributed by atoms with van der Waals surface area (Å²) < 4.78 is 0.800. The van der Waals surface area contributed by atoms with E-state index in [1.807, 2.05) is 12.1 Å². The van der Waals surface area contributed by atoms with Crippen LogP contribution in [0.5, 0.6) is 0 Å². The second-order valence-corrected chi connectivity index (χ2v) is 3.35. The van der Waals surface area contributed by atoms with E-state index in [2.05, 4.69) is 20.9 Å². The summed E-state index contributed by atoms with van der Waals surface area (Å²) in [6, 6.07) is 3.59. The average Bonchev–Trinajstić information content (AvgIpc) is 2.09. The van der Waals surface area contributed by atoms with Crippen molar-refractivity contribution in [1.29, 1.82) is 0 Å².